The number of carbonyl (C=O) groups is 2. The quantitative estimate of drug-likeness (QED) is 0.116. The van der Waals surface area contributed by atoms with Crippen molar-refractivity contribution in [3.05, 3.63) is 82.3 Å². The molecule has 0 saturated heterocycles. The van der Waals surface area contributed by atoms with Crippen molar-refractivity contribution in [3.8, 4) is 0 Å². The van der Waals surface area contributed by atoms with Gasteiger partial charge >= 0.3 is 16.5 Å². The number of para-hydroxylation sites is 2. The molecule has 0 radical (unpaired) electrons. The van der Waals surface area contributed by atoms with E-state index < -0.39 is 0 Å². The zero-order chi connectivity index (χ0) is 34.3. The van der Waals surface area contributed by atoms with Crippen molar-refractivity contribution in [2.24, 2.45) is 9.98 Å². The number of benzene rings is 2. The summed E-state index contributed by atoms with van der Waals surface area (Å²) in [6.07, 6.45) is 2.11. The van der Waals surface area contributed by atoms with E-state index in [1.54, 1.807) is 0 Å². The van der Waals surface area contributed by atoms with Gasteiger partial charge in [-0.05, 0) is 85.8 Å². The molecule has 0 aliphatic carbocycles. The van der Waals surface area contributed by atoms with E-state index in [0.29, 0.717) is 23.7 Å². The predicted molar refractivity (Wildman–Crippen MR) is 184 cm³/mol. The summed E-state index contributed by atoms with van der Waals surface area (Å²) in [5.41, 5.74) is 9.43. The maximum absolute atomic E-state index is 9.98. The average Bonchev–Trinajstić information content (AvgIpc) is 2.87. The Kier molecular flexibility index (Phi) is 20.9. The predicted octanol–water partition coefficient (Wildman–Crippen LogP) is 8.74. The van der Waals surface area contributed by atoms with Crippen molar-refractivity contribution in [2.75, 3.05) is 0 Å². The van der Waals surface area contributed by atoms with Crippen LogP contribution in [0.25, 0.3) is 0 Å². The van der Waals surface area contributed by atoms with Crippen molar-refractivity contribution in [3.63, 3.8) is 0 Å². The zero-order valence-electron chi connectivity index (χ0n) is 29.8. The number of carbonyl (C=O) groups excluding carboxylic acids is 2. The van der Waals surface area contributed by atoms with E-state index in [-0.39, 0.29) is 39.6 Å². The summed E-state index contributed by atoms with van der Waals surface area (Å²) in [4.78, 5) is 30.2. The number of hydrogen-bond acceptors (Lipinski definition) is 6. The first kappa shape index (κ1) is 43.8. The van der Waals surface area contributed by atoms with Crippen LogP contribution in [-0.4, -0.2) is 23.0 Å². The summed E-state index contributed by atoms with van der Waals surface area (Å²) in [5, 5.41) is 20.0. The van der Waals surface area contributed by atoms with Gasteiger partial charge in [-0.1, -0.05) is 106 Å². The standard InChI is InChI=1S/C28H40N2.2C5H8O2.Ni/c1-17(2)23-13-11-14-24(18(3)4)27(23)29-21(9)22(10)30-28-25(19(5)6)15-12-16-26(28)20(7)8;2*1-4(6)3-5(2)7;/h11-20H,1-10H3;2*3,6H,1-2H3;/q;;;+2/p-2/b;2*4-3-;. The summed E-state index contributed by atoms with van der Waals surface area (Å²) in [6, 6.07) is 13.2. The molecule has 0 N–H and O–H groups in total. The molecule has 0 unspecified atom stereocenters. The van der Waals surface area contributed by atoms with E-state index in [1.807, 2.05) is 0 Å². The summed E-state index contributed by atoms with van der Waals surface area (Å²) in [7, 11) is 0. The molecule has 0 aliphatic heterocycles. The molecule has 0 amide bonds. The van der Waals surface area contributed by atoms with Gasteiger partial charge in [0.15, 0.2) is 11.6 Å². The third-order valence-electron chi connectivity index (χ3n) is 6.58. The van der Waals surface area contributed by atoms with Crippen LogP contribution in [0.5, 0.6) is 0 Å². The number of nitrogens with zero attached hydrogens (tertiary/aromatic N) is 2. The van der Waals surface area contributed by atoms with Crippen LogP contribution < -0.4 is 10.2 Å². The third-order valence-corrected chi connectivity index (χ3v) is 6.58. The van der Waals surface area contributed by atoms with E-state index in [4.69, 9.17) is 9.98 Å². The van der Waals surface area contributed by atoms with Crippen LogP contribution in [-0.2, 0) is 26.1 Å². The van der Waals surface area contributed by atoms with Gasteiger partial charge in [-0.3, -0.25) is 19.6 Å². The smallest absolute Gasteiger partial charge is 0.876 e. The Morgan fingerprint density at radius 2 is 0.756 bits per heavy atom. The van der Waals surface area contributed by atoms with Crippen LogP contribution in [0.4, 0.5) is 11.4 Å². The first-order chi connectivity index (χ1) is 20.3. The van der Waals surface area contributed by atoms with Crippen LogP contribution in [0.2, 0.25) is 0 Å². The van der Waals surface area contributed by atoms with Crippen LogP contribution in [0.1, 0.15) is 143 Å². The Morgan fingerprint density at radius 3 is 0.889 bits per heavy atom. The second kappa shape index (κ2) is 21.4. The first-order valence-corrected chi connectivity index (χ1v) is 15.4. The molecule has 6 nitrogen and oxygen atoms in total. The minimum Gasteiger partial charge on any atom is -0.876 e. The van der Waals surface area contributed by atoms with E-state index in [0.717, 1.165) is 35.0 Å². The van der Waals surface area contributed by atoms with Gasteiger partial charge in [-0.15, -0.1) is 11.5 Å². The van der Waals surface area contributed by atoms with Gasteiger partial charge in [-0.2, -0.15) is 0 Å². The molecule has 0 heterocycles. The second-order valence-corrected chi connectivity index (χ2v) is 12.3. The fraction of sp³-hybridized carbons (Fsp3) is 0.474. The molecule has 0 saturated carbocycles. The number of aliphatic imine (C=N–C) groups is 2. The molecule has 0 aromatic heterocycles. The van der Waals surface area contributed by atoms with Crippen LogP contribution in [0.15, 0.2) is 70.1 Å². The SMILES string of the molecule is CC(=Nc1c(C(C)C)cccc1C(C)C)C(C)=Nc1c(C(C)C)cccc1C(C)C.CC(=O)/C=C(/C)[O-].CC(=O)/C=C(/C)[O-].[Ni+2]. The van der Waals surface area contributed by atoms with Gasteiger partial charge in [0.05, 0.1) is 22.8 Å². The second-order valence-electron chi connectivity index (χ2n) is 12.3. The van der Waals surface area contributed by atoms with E-state index in [9.17, 15) is 19.8 Å². The maximum atomic E-state index is 9.98. The molecule has 45 heavy (non-hydrogen) atoms. The first-order valence-electron chi connectivity index (χ1n) is 15.4. The van der Waals surface area contributed by atoms with Gasteiger partial charge in [0, 0.05) is 0 Å². The Balaban J connectivity index is 0. The topological polar surface area (TPSA) is 105 Å². The molecule has 2 rings (SSSR count). The van der Waals surface area contributed by atoms with Gasteiger partial charge < -0.3 is 10.2 Å². The van der Waals surface area contributed by atoms with E-state index in [2.05, 4.69) is 106 Å². The zero-order valence-corrected chi connectivity index (χ0v) is 30.8. The average molecular weight is 662 g/mol. The largest absolute Gasteiger partial charge is 2.00 e. The molecular weight excluding hydrogens is 607 g/mol. The van der Waals surface area contributed by atoms with E-state index in [1.165, 1.54) is 49.9 Å². The molecular formula is C38H54N2NiO4. The molecule has 0 bridgehead atoms. The molecule has 7 heteroatoms. The Bertz CT molecular complexity index is 1210. The minimum atomic E-state index is -0.187. The molecule has 0 spiro atoms. The van der Waals surface area contributed by atoms with Crippen molar-refractivity contribution < 1.29 is 36.3 Å². The number of allylic oxidation sites excluding steroid dienone is 4. The minimum absolute atomic E-state index is 0. The summed E-state index contributed by atoms with van der Waals surface area (Å²) >= 11 is 0. The van der Waals surface area contributed by atoms with Crippen molar-refractivity contribution in [1.82, 2.24) is 0 Å². The molecule has 0 fully saturated rings. The Labute approximate surface area is 282 Å². The third kappa shape index (κ3) is 16.5. The number of rotatable bonds is 9. The fourth-order valence-corrected chi connectivity index (χ4v) is 4.35. The van der Waals surface area contributed by atoms with Crippen molar-refractivity contribution in [2.45, 2.75) is 121 Å². The van der Waals surface area contributed by atoms with Crippen LogP contribution in [0, 0.1) is 0 Å². The molecule has 0 atom stereocenters. The van der Waals surface area contributed by atoms with Crippen LogP contribution in [0.3, 0.4) is 0 Å². The molecule has 250 valence electrons. The molecule has 0 aliphatic rings. The van der Waals surface area contributed by atoms with Crippen molar-refractivity contribution in [1.29, 1.82) is 0 Å². The van der Waals surface area contributed by atoms with Gasteiger partial charge in [0.25, 0.3) is 0 Å². The normalized spacial score (nSPS) is 12.4. The van der Waals surface area contributed by atoms with Gasteiger partial charge in [-0.25, -0.2) is 0 Å². The summed E-state index contributed by atoms with van der Waals surface area (Å²) in [5.74, 6) is 0.979. The monoisotopic (exact) mass is 660 g/mol. The van der Waals surface area contributed by atoms with Crippen molar-refractivity contribution >= 4 is 34.4 Å². The number of ketones is 2. The Morgan fingerprint density at radius 1 is 0.533 bits per heavy atom. The summed E-state index contributed by atoms with van der Waals surface area (Å²) < 4.78 is 0. The molecule has 2 aromatic rings. The van der Waals surface area contributed by atoms with Crippen LogP contribution >= 0.6 is 0 Å². The van der Waals surface area contributed by atoms with E-state index >= 15 is 0 Å². The number of hydrogen-bond donors (Lipinski definition) is 0. The summed E-state index contributed by atoms with van der Waals surface area (Å²) in [6.45, 7) is 27.5. The van der Waals surface area contributed by atoms with Gasteiger partial charge in [0.2, 0.25) is 0 Å². The van der Waals surface area contributed by atoms with Gasteiger partial charge in [0.1, 0.15) is 0 Å². The molecule has 2 aromatic carbocycles. The fourth-order valence-electron chi connectivity index (χ4n) is 4.35. The maximum Gasteiger partial charge on any atom is 2.00 e. The Hall–Kier alpha value is -3.31.